The number of halogens is 2. The van der Waals surface area contributed by atoms with Gasteiger partial charge in [0, 0.05) is 57.0 Å². The lowest BCUT2D eigenvalue weighted by atomic mass is 10.2. The summed E-state index contributed by atoms with van der Waals surface area (Å²) in [5.74, 6) is 1.94. The molecule has 0 saturated carbocycles. The first-order valence-corrected chi connectivity index (χ1v) is 10.2. The fourth-order valence-electron chi connectivity index (χ4n) is 3.12. The Bertz CT molecular complexity index is 910. The van der Waals surface area contributed by atoms with E-state index in [4.69, 9.17) is 0 Å². The van der Waals surface area contributed by atoms with Gasteiger partial charge in [-0.1, -0.05) is 64.5 Å². The highest BCUT2D eigenvalue weighted by Gasteiger charge is 2.09. The number of aromatic nitrogens is 2. The molecule has 5 nitrogen and oxygen atoms in total. The van der Waals surface area contributed by atoms with Gasteiger partial charge in [-0.05, 0) is 17.2 Å². The van der Waals surface area contributed by atoms with Crippen LogP contribution in [0.15, 0.2) is 76.5 Å². The number of nitrogens with zero attached hydrogens (tertiary/aromatic N) is 4. The molecule has 1 N–H and O–H groups in total. The molecule has 0 atom stereocenters. The Balaban J connectivity index is 0.00000300. The zero-order valence-corrected chi connectivity index (χ0v) is 20.7. The zero-order chi connectivity index (χ0) is 19.8. The van der Waals surface area contributed by atoms with Crippen LogP contribution in [0.3, 0.4) is 0 Å². The molecule has 3 aromatic rings. The van der Waals surface area contributed by atoms with Crippen molar-refractivity contribution in [3.05, 3.63) is 88.4 Å². The van der Waals surface area contributed by atoms with Gasteiger partial charge in [0.05, 0.1) is 0 Å². The van der Waals surface area contributed by atoms with Crippen LogP contribution >= 0.6 is 39.9 Å². The van der Waals surface area contributed by atoms with Crippen LogP contribution in [-0.2, 0) is 19.5 Å². The number of benzene rings is 2. The Morgan fingerprint density at radius 1 is 1.14 bits per heavy atom. The zero-order valence-electron chi connectivity index (χ0n) is 16.8. The first kappa shape index (κ1) is 23.4. The first-order valence-electron chi connectivity index (χ1n) is 9.36. The number of aliphatic imine (C=N–C) groups is 1. The molecule has 0 spiro atoms. The van der Waals surface area contributed by atoms with Gasteiger partial charge in [-0.25, -0.2) is 4.98 Å². The van der Waals surface area contributed by atoms with E-state index in [0.29, 0.717) is 0 Å². The van der Waals surface area contributed by atoms with Crippen molar-refractivity contribution in [2.24, 2.45) is 4.99 Å². The Morgan fingerprint density at radius 3 is 2.59 bits per heavy atom. The van der Waals surface area contributed by atoms with E-state index in [1.165, 1.54) is 11.1 Å². The van der Waals surface area contributed by atoms with E-state index in [1.807, 2.05) is 38.6 Å². The number of nitrogens with one attached hydrogen (secondary N) is 1. The van der Waals surface area contributed by atoms with Crippen LogP contribution in [-0.4, -0.2) is 41.1 Å². The number of hydrogen-bond donors (Lipinski definition) is 1. The number of imidazole rings is 1. The number of guanidine groups is 1. The molecule has 29 heavy (non-hydrogen) atoms. The van der Waals surface area contributed by atoms with Crippen LogP contribution in [0.25, 0.3) is 0 Å². The van der Waals surface area contributed by atoms with Crippen molar-refractivity contribution >= 4 is 45.9 Å². The van der Waals surface area contributed by atoms with E-state index in [1.54, 1.807) is 0 Å². The topological polar surface area (TPSA) is 45.5 Å². The maximum absolute atomic E-state index is 4.52. The smallest absolute Gasteiger partial charge is 0.193 e. The van der Waals surface area contributed by atoms with Crippen LogP contribution in [0.1, 0.15) is 17.0 Å². The second-order valence-corrected chi connectivity index (χ2v) is 7.48. The largest absolute Gasteiger partial charge is 0.356 e. The van der Waals surface area contributed by atoms with E-state index in [-0.39, 0.29) is 24.0 Å². The molecule has 0 radical (unpaired) electrons. The van der Waals surface area contributed by atoms with Crippen LogP contribution in [0.5, 0.6) is 0 Å². The Hall–Kier alpha value is -1.87. The summed E-state index contributed by atoms with van der Waals surface area (Å²) >= 11 is 3.61. The fourth-order valence-corrected chi connectivity index (χ4v) is 3.53. The van der Waals surface area contributed by atoms with Gasteiger partial charge in [-0.2, -0.15) is 0 Å². The minimum Gasteiger partial charge on any atom is -0.356 e. The highest BCUT2D eigenvalue weighted by Crippen LogP contribution is 2.17. The summed E-state index contributed by atoms with van der Waals surface area (Å²) in [6.07, 6.45) is 4.74. The summed E-state index contributed by atoms with van der Waals surface area (Å²) in [7, 11) is 3.86. The molecule has 0 unspecified atom stereocenters. The van der Waals surface area contributed by atoms with Crippen LogP contribution < -0.4 is 5.32 Å². The van der Waals surface area contributed by atoms with Crippen molar-refractivity contribution in [1.29, 1.82) is 0 Å². The third-order valence-electron chi connectivity index (χ3n) is 4.57. The van der Waals surface area contributed by atoms with E-state index in [9.17, 15) is 0 Å². The Labute approximate surface area is 198 Å². The summed E-state index contributed by atoms with van der Waals surface area (Å²) in [6.45, 7) is 2.40. The van der Waals surface area contributed by atoms with Gasteiger partial charge >= 0.3 is 0 Å². The third-order valence-corrected chi connectivity index (χ3v) is 5.34. The highest BCUT2D eigenvalue weighted by molar-refractivity contribution is 14.0. The standard InChI is InChI=1S/C22H26BrN5.HI/c1-24-22(27(2)17-19-10-6-7-11-20(19)23)26-13-12-21-25-14-15-28(21)16-18-8-4-3-5-9-18;/h3-11,14-15H,12-13,16-17H2,1-2H3,(H,24,26);1H. The molecule has 0 bridgehead atoms. The molecule has 3 rings (SSSR count). The van der Waals surface area contributed by atoms with Gasteiger partial charge in [-0.3, -0.25) is 4.99 Å². The molecule has 0 aliphatic rings. The van der Waals surface area contributed by atoms with Crippen molar-refractivity contribution in [2.75, 3.05) is 20.6 Å². The molecule has 7 heteroatoms. The van der Waals surface area contributed by atoms with Gasteiger partial charge in [-0.15, -0.1) is 24.0 Å². The second kappa shape index (κ2) is 12.0. The highest BCUT2D eigenvalue weighted by atomic mass is 127. The predicted octanol–water partition coefficient (Wildman–Crippen LogP) is 4.56. The summed E-state index contributed by atoms with van der Waals surface area (Å²) in [5, 5.41) is 3.45. The van der Waals surface area contributed by atoms with Crippen molar-refractivity contribution in [3.8, 4) is 0 Å². The van der Waals surface area contributed by atoms with E-state index < -0.39 is 0 Å². The van der Waals surface area contributed by atoms with Crippen molar-refractivity contribution in [3.63, 3.8) is 0 Å². The molecule has 0 fully saturated rings. The van der Waals surface area contributed by atoms with E-state index in [2.05, 4.69) is 83.2 Å². The predicted molar refractivity (Wildman–Crippen MR) is 134 cm³/mol. The average molecular weight is 568 g/mol. The molecular weight excluding hydrogens is 541 g/mol. The maximum Gasteiger partial charge on any atom is 0.193 e. The first-order chi connectivity index (χ1) is 13.7. The quantitative estimate of drug-likeness (QED) is 0.259. The van der Waals surface area contributed by atoms with Gasteiger partial charge in [0.1, 0.15) is 5.82 Å². The maximum atomic E-state index is 4.52. The Morgan fingerprint density at radius 2 is 1.86 bits per heavy atom. The molecule has 154 valence electrons. The van der Waals surface area contributed by atoms with E-state index in [0.717, 1.165) is 42.3 Å². The third kappa shape index (κ3) is 6.85. The lowest BCUT2D eigenvalue weighted by Crippen LogP contribution is -2.39. The molecule has 1 heterocycles. The normalized spacial score (nSPS) is 11.1. The van der Waals surface area contributed by atoms with Gasteiger partial charge < -0.3 is 14.8 Å². The second-order valence-electron chi connectivity index (χ2n) is 6.63. The summed E-state index contributed by atoms with van der Waals surface area (Å²) in [4.78, 5) is 11.1. The minimum atomic E-state index is 0. The van der Waals surface area contributed by atoms with Gasteiger partial charge in [0.25, 0.3) is 0 Å². The number of rotatable bonds is 7. The summed E-state index contributed by atoms with van der Waals surface area (Å²) in [5.41, 5.74) is 2.50. The molecule has 2 aromatic carbocycles. The molecule has 0 amide bonds. The van der Waals surface area contributed by atoms with Crippen molar-refractivity contribution in [1.82, 2.24) is 19.8 Å². The van der Waals surface area contributed by atoms with E-state index >= 15 is 0 Å². The van der Waals surface area contributed by atoms with Crippen molar-refractivity contribution < 1.29 is 0 Å². The lowest BCUT2D eigenvalue weighted by Gasteiger charge is -2.22. The number of hydrogen-bond acceptors (Lipinski definition) is 2. The summed E-state index contributed by atoms with van der Waals surface area (Å²) in [6, 6.07) is 18.7. The van der Waals surface area contributed by atoms with Gasteiger partial charge in [0.2, 0.25) is 0 Å². The minimum absolute atomic E-state index is 0. The fraction of sp³-hybridized carbons (Fsp3) is 0.273. The van der Waals surface area contributed by atoms with Crippen LogP contribution in [0, 0.1) is 0 Å². The lowest BCUT2D eigenvalue weighted by molar-refractivity contribution is 0.475. The van der Waals surface area contributed by atoms with Crippen LogP contribution in [0.4, 0.5) is 0 Å². The summed E-state index contributed by atoms with van der Waals surface area (Å²) < 4.78 is 3.31. The Kier molecular flexibility index (Phi) is 9.66. The van der Waals surface area contributed by atoms with Gasteiger partial charge in [0.15, 0.2) is 5.96 Å². The van der Waals surface area contributed by atoms with Crippen LogP contribution in [0.2, 0.25) is 0 Å². The molecule has 0 saturated heterocycles. The van der Waals surface area contributed by atoms with Crippen molar-refractivity contribution in [2.45, 2.75) is 19.5 Å². The molecule has 0 aliphatic heterocycles. The average Bonchev–Trinajstić information content (AvgIpc) is 3.14. The SMILES string of the molecule is CN=C(NCCc1nccn1Cc1ccccc1)N(C)Cc1ccccc1Br.I. The molecular formula is C22H27BrIN5. The molecule has 0 aliphatic carbocycles. The molecule has 1 aromatic heterocycles. The monoisotopic (exact) mass is 567 g/mol.